The van der Waals surface area contributed by atoms with Crippen molar-refractivity contribution in [3.05, 3.63) is 28.2 Å². The number of nitrogens with one attached hydrogen (secondary N) is 1. The number of amides is 4. The van der Waals surface area contributed by atoms with Gasteiger partial charge in [0, 0.05) is 10.0 Å². The van der Waals surface area contributed by atoms with E-state index in [2.05, 4.69) is 5.32 Å². The Bertz CT molecular complexity index is 676. The lowest BCUT2D eigenvalue weighted by molar-refractivity contribution is -0.122. The Morgan fingerprint density at radius 1 is 1.25 bits per heavy atom. The van der Waals surface area contributed by atoms with Crippen molar-refractivity contribution in [1.82, 2.24) is 10.2 Å². The van der Waals surface area contributed by atoms with Crippen molar-refractivity contribution >= 4 is 58.5 Å². The summed E-state index contributed by atoms with van der Waals surface area (Å²) in [5.41, 5.74) is 0.287. The smallest absolute Gasteiger partial charge is 0.332 e. The zero-order valence-corrected chi connectivity index (χ0v) is 15.8. The van der Waals surface area contributed by atoms with Crippen molar-refractivity contribution in [3.63, 3.8) is 0 Å². The molecule has 0 radical (unpaired) electrons. The molecule has 0 saturated carbocycles. The number of carbonyl (C=O) groups excluding carboxylic acids is 3. The first-order valence-electron chi connectivity index (χ1n) is 7.07. The molecule has 9 heteroatoms. The predicted octanol–water partition coefficient (Wildman–Crippen LogP) is 2.98. The molecule has 6 nitrogen and oxygen atoms in total. The van der Waals surface area contributed by atoms with Crippen LogP contribution in [-0.4, -0.2) is 47.0 Å². The summed E-state index contributed by atoms with van der Waals surface area (Å²) in [6, 6.07) is 3.89. The van der Waals surface area contributed by atoms with Crippen molar-refractivity contribution in [3.8, 4) is 0 Å². The highest BCUT2D eigenvalue weighted by Crippen LogP contribution is 2.28. The number of hydrogen-bond donors (Lipinski definition) is 1. The molecule has 0 spiro atoms. The number of nitrogens with zero attached hydrogens (tertiary/aromatic N) is 2. The summed E-state index contributed by atoms with van der Waals surface area (Å²) in [4.78, 5) is 38.4. The molecule has 4 amide bonds. The van der Waals surface area contributed by atoms with E-state index < -0.39 is 16.8 Å². The molecule has 2 rings (SSSR count). The van der Waals surface area contributed by atoms with E-state index in [4.69, 9.17) is 23.2 Å². The Hall–Kier alpha value is -1.44. The van der Waals surface area contributed by atoms with Crippen molar-refractivity contribution in [2.24, 2.45) is 0 Å². The molecular formula is C15H17Cl2N3O3S. The third kappa shape index (κ3) is 4.34. The molecule has 1 saturated heterocycles. The molecule has 0 aliphatic carbocycles. The minimum Gasteiger partial charge on any atom is -0.341 e. The van der Waals surface area contributed by atoms with Gasteiger partial charge in [0.15, 0.2) is 0 Å². The molecule has 1 aliphatic heterocycles. The van der Waals surface area contributed by atoms with E-state index >= 15 is 0 Å². The van der Waals surface area contributed by atoms with Gasteiger partial charge in [-0.15, -0.1) is 11.8 Å². The maximum Gasteiger partial charge on any atom is 0.332 e. The fourth-order valence-electron chi connectivity index (χ4n) is 2.20. The van der Waals surface area contributed by atoms with Gasteiger partial charge in [0.2, 0.25) is 5.91 Å². The Kier molecular flexibility index (Phi) is 5.67. The van der Waals surface area contributed by atoms with Gasteiger partial charge in [0.25, 0.3) is 5.91 Å². The number of hydrogen-bond acceptors (Lipinski definition) is 4. The van der Waals surface area contributed by atoms with Crippen LogP contribution in [0.25, 0.3) is 0 Å². The fraction of sp³-hybridized carbons (Fsp3) is 0.400. The average molecular weight is 390 g/mol. The second kappa shape index (κ2) is 7.21. The van der Waals surface area contributed by atoms with Crippen LogP contribution >= 0.6 is 35.0 Å². The van der Waals surface area contributed by atoms with Crippen LogP contribution in [0.4, 0.5) is 10.5 Å². The van der Waals surface area contributed by atoms with E-state index in [1.54, 1.807) is 0 Å². The van der Waals surface area contributed by atoms with Crippen molar-refractivity contribution in [2.45, 2.75) is 18.7 Å². The lowest BCUT2D eigenvalue weighted by Gasteiger charge is -2.25. The number of imide groups is 1. The number of halogens is 2. The molecule has 0 atom stereocenters. The van der Waals surface area contributed by atoms with E-state index in [-0.39, 0.29) is 24.7 Å². The Morgan fingerprint density at radius 2 is 1.83 bits per heavy atom. The standard InChI is InChI=1S/C15H17Cl2N3O3S/c1-15(2,24-3)18-12(21)7-19-8-13(22)20(14(19)23)11-5-9(16)4-10(17)6-11/h4-6H,7-8H2,1-3H3,(H,18,21). The molecule has 130 valence electrons. The van der Waals surface area contributed by atoms with Crippen LogP contribution in [0.2, 0.25) is 10.0 Å². The predicted molar refractivity (Wildman–Crippen MR) is 96.7 cm³/mol. The molecule has 1 fully saturated rings. The van der Waals surface area contributed by atoms with E-state index in [9.17, 15) is 14.4 Å². The highest BCUT2D eigenvalue weighted by molar-refractivity contribution is 7.99. The molecule has 0 bridgehead atoms. The maximum absolute atomic E-state index is 12.5. The van der Waals surface area contributed by atoms with Gasteiger partial charge in [-0.1, -0.05) is 23.2 Å². The normalized spacial score (nSPS) is 15.2. The minimum absolute atomic E-state index is 0.171. The fourth-order valence-corrected chi connectivity index (χ4v) is 2.93. The van der Waals surface area contributed by atoms with Crippen LogP contribution in [0, 0.1) is 0 Å². The van der Waals surface area contributed by atoms with Gasteiger partial charge in [0.1, 0.15) is 13.1 Å². The number of urea groups is 1. The van der Waals surface area contributed by atoms with Crippen molar-refractivity contribution < 1.29 is 14.4 Å². The lowest BCUT2D eigenvalue weighted by Crippen LogP contribution is -2.46. The summed E-state index contributed by atoms with van der Waals surface area (Å²) in [6.07, 6.45) is 1.87. The summed E-state index contributed by atoms with van der Waals surface area (Å²) >= 11 is 13.3. The molecule has 1 N–H and O–H groups in total. The summed E-state index contributed by atoms with van der Waals surface area (Å²) in [6.45, 7) is 3.34. The molecular weight excluding hydrogens is 373 g/mol. The zero-order valence-electron chi connectivity index (χ0n) is 13.4. The van der Waals surface area contributed by atoms with E-state index in [0.717, 1.165) is 4.90 Å². The molecule has 1 aliphatic rings. The van der Waals surface area contributed by atoms with Crippen LogP contribution in [0.1, 0.15) is 13.8 Å². The largest absolute Gasteiger partial charge is 0.341 e. The zero-order chi connectivity index (χ0) is 18.1. The Morgan fingerprint density at radius 3 is 2.38 bits per heavy atom. The quantitative estimate of drug-likeness (QED) is 0.620. The third-order valence-electron chi connectivity index (χ3n) is 3.43. The molecule has 0 aromatic heterocycles. The SMILES string of the molecule is CSC(C)(C)NC(=O)CN1CC(=O)N(c2cc(Cl)cc(Cl)c2)C1=O. The van der Waals surface area contributed by atoms with Gasteiger partial charge in [-0.3, -0.25) is 9.59 Å². The number of benzene rings is 1. The first-order chi connectivity index (χ1) is 11.1. The van der Waals surface area contributed by atoms with E-state index in [1.807, 2.05) is 20.1 Å². The number of carbonyl (C=O) groups is 3. The third-order valence-corrected chi connectivity index (χ3v) is 4.99. The van der Waals surface area contributed by atoms with Gasteiger partial charge in [-0.05, 0) is 38.3 Å². The first-order valence-corrected chi connectivity index (χ1v) is 9.05. The average Bonchev–Trinajstić information content (AvgIpc) is 2.71. The second-order valence-corrected chi connectivity index (χ2v) is 8.06. The summed E-state index contributed by atoms with van der Waals surface area (Å²) in [7, 11) is 0. The van der Waals surface area contributed by atoms with Gasteiger partial charge in [-0.2, -0.15) is 0 Å². The molecule has 1 heterocycles. The number of rotatable bonds is 5. The number of thioether (sulfide) groups is 1. The Labute approximate surface area is 154 Å². The van der Waals surface area contributed by atoms with Crippen molar-refractivity contribution in [2.75, 3.05) is 24.2 Å². The second-order valence-electron chi connectivity index (χ2n) is 5.76. The van der Waals surface area contributed by atoms with Gasteiger partial charge < -0.3 is 10.2 Å². The highest BCUT2D eigenvalue weighted by atomic mass is 35.5. The maximum atomic E-state index is 12.5. The summed E-state index contributed by atoms with van der Waals surface area (Å²) in [5, 5.41) is 3.43. The Balaban J connectivity index is 2.13. The van der Waals surface area contributed by atoms with Gasteiger partial charge >= 0.3 is 6.03 Å². The van der Waals surface area contributed by atoms with Crippen molar-refractivity contribution in [1.29, 1.82) is 0 Å². The molecule has 24 heavy (non-hydrogen) atoms. The molecule has 1 aromatic rings. The van der Waals surface area contributed by atoms with E-state index in [1.165, 1.54) is 34.9 Å². The van der Waals surface area contributed by atoms with E-state index in [0.29, 0.717) is 10.0 Å². The van der Waals surface area contributed by atoms with Crippen LogP contribution in [-0.2, 0) is 9.59 Å². The monoisotopic (exact) mass is 389 g/mol. The first kappa shape index (κ1) is 18.9. The van der Waals surface area contributed by atoms with Crippen LogP contribution in [0.5, 0.6) is 0 Å². The van der Waals surface area contributed by atoms with Gasteiger partial charge in [-0.25, -0.2) is 9.69 Å². The minimum atomic E-state index is -0.574. The topological polar surface area (TPSA) is 69.7 Å². The lowest BCUT2D eigenvalue weighted by atomic mass is 10.3. The van der Waals surface area contributed by atoms with Crippen LogP contribution < -0.4 is 10.2 Å². The van der Waals surface area contributed by atoms with Gasteiger partial charge in [0.05, 0.1) is 10.6 Å². The van der Waals surface area contributed by atoms with Crippen LogP contribution in [0.15, 0.2) is 18.2 Å². The molecule has 1 aromatic carbocycles. The summed E-state index contributed by atoms with van der Waals surface area (Å²) < 4.78 is 0. The van der Waals surface area contributed by atoms with Crippen LogP contribution in [0.3, 0.4) is 0 Å². The number of anilines is 1. The summed E-state index contributed by atoms with van der Waals surface area (Å²) in [5.74, 6) is -0.767. The molecule has 0 unspecified atom stereocenters. The highest BCUT2D eigenvalue weighted by Gasteiger charge is 2.38.